The molecule has 0 aliphatic carbocycles. The van der Waals surface area contributed by atoms with E-state index in [1.54, 1.807) is 6.92 Å². The van der Waals surface area contributed by atoms with Gasteiger partial charge in [0.15, 0.2) is 0 Å². The van der Waals surface area contributed by atoms with Crippen molar-refractivity contribution in [2.24, 2.45) is 11.8 Å². The first-order chi connectivity index (χ1) is 9.00. The van der Waals surface area contributed by atoms with Gasteiger partial charge in [-0.15, -0.1) is 0 Å². The molecular weight excluding hydrogens is 248 g/mol. The molecule has 0 spiro atoms. The number of amides is 2. The van der Waals surface area contributed by atoms with Crippen LogP contribution in [0.25, 0.3) is 0 Å². The van der Waals surface area contributed by atoms with E-state index in [-0.39, 0.29) is 12.1 Å². The topological polar surface area (TPSA) is 87.7 Å². The molecule has 1 aliphatic rings. The van der Waals surface area contributed by atoms with Gasteiger partial charge in [0.1, 0.15) is 0 Å². The van der Waals surface area contributed by atoms with Crippen LogP contribution in [0.4, 0.5) is 4.79 Å². The fourth-order valence-electron chi connectivity index (χ4n) is 2.12. The van der Waals surface area contributed by atoms with Crippen molar-refractivity contribution in [3.63, 3.8) is 0 Å². The Bertz CT molecular complexity index is 303. The molecule has 1 rings (SSSR count). The predicted molar refractivity (Wildman–Crippen MR) is 71.0 cm³/mol. The lowest BCUT2D eigenvalue weighted by molar-refractivity contribution is -0.141. The number of aliphatic carboxylic acids is 1. The fourth-order valence-corrected chi connectivity index (χ4v) is 2.12. The van der Waals surface area contributed by atoms with E-state index in [4.69, 9.17) is 9.84 Å². The Labute approximate surface area is 113 Å². The summed E-state index contributed by atoms with van der Waals surface area (Å²) in [5.41, 5.74) is 0. The second kappa shape index (κ2) is 7.99. The zero-order valence-electron chi connectivity index (χ0n) is 11.6. The number of ether oxygens (including phenoxy) is 1. The Morgan fingerprint density at radius 3 is 2.53 bits per heavy atom. The summed E-state index contributed by atoms with van der Waals surface area (Å²) < 4.78 is 5.28. The Kier molecular flexibility index (Phi) is 6.62. The Morgan fingerprint density at radius 2 is 1.95 bits per heavy atom. The van der Waals surface area contributed by atoms with Crippen molar-refractivity contribution in [2.45, 2.75) is 39.2 Å². The minimum atomic E-state index is -0.835. The van der Waals surface area contributed by atoms with Gasteiger partial charge in [0.25, 0.3) is 0 Å². The van der Waals surface area contributed by atoms with Gasteiger partial charge in [-0.25, -0.2) is 4.79 Å². The third-order valence-electron chi connectivity index (χ3n) is 3.62. The number of carbonyl (C=O) groups excluding carboxylic acids is 1. The minimum Gasteiger partial charge on any atom is -0.481 e. The molecule has 0 radical (unpaired) electrons. The van der Waals surface area contributed by atoms with E-state index in [9.17, 15) is 9.59 Å². The zero-order valence-corrected chi connectivity index (χ0v) is 11.6. The third kappa shape index (κ3) is 5.92. The molecule has 19 heavy (non-hydrogen) atoms. The molecule has 0 bridgehead atoms. The summed E-state index contributed by atoms with van der Waals surface area (Å²) in [4.78, 5) is 22.3. The SMILES string of the molecule is CC(CCNC(=O)NC(C)C1CCOCC1)C(=O)O. The average molecular weight is 272 g/mol. The highest BCUT2D eigenvalue weighted by Gasteiger charge is 2.21. The van der Waals surface area contributed by atoms with E-state index >= 15 is 0 Å². The molecule has 0 aromatic heterocycles. The molecular formula is C13H24N2O4. The highest BCUT2D eigenvalue weighted by molar-refractivity contribution is 5.74. The van der Waals surface area contributed by atoms with E-state index < -0.39 is 11.9 Å². The first kappa shape index (κ1) is 15.8. The number of hydrogen-bond donors (Lipinski definition) is 3. The molecule has 0 aromatic rings. The summed E-state index contributed by atoms with van der Waals surface area (Å²) in [5, 5.41) is 14.3. The van der Waals surface area contributed by atoms with Crippen molar-refractivity contribution < 1.29 is 19.4 Å². The lowest BCUT2D eigenvalue weighted by Crippen LogP contribution is -2.45. The molecule has 6 heteroatoms. The maximum atomic E-state index is 11.6. The molecule has 2 atom stereocenters. The van der Waals surface area contributed by atoms with Gasteiger partial charge in [0, 0.05) is 25.8 Å². The summed E-state index contributed by atoms with van der Waals surface area (Å²) in [6.07, 6.45) is 2.38. The summed E-state index contributed by atoms with van der Waals surface area (Å²) in [5.74, 6) is -0.816. The molecule has 0 aromatic carbocycles. The van der Waals surface area contributed by atoms with Crippen LogP contribution in [-0.2, 0) is 9.53 Å². The van der Waals surface area contributed by atoms with Crippen molar-refractivity contribution in [3.05, 3.63) is 0 Å². The summed E-state index contributed by atoms with van der Waals surface area (Å²) in [7, 11) is 0. The number of carboxylic acid groups (broad SMARTS) is 1. The number of carbonyl (C=O) groups is 2. The number of urea groups is 1. The van der Waals surface area contributed by atoms with Gasteiger partial charge in [-0.3, -0.25) is 4.79 Å². The first-order valence-corrected chi connectivity index (χ1v) is 6.85. The van der Waals surface area contributed by atoms with E-state index in [1.807, 2.05) is 6.92 Å². The van der Waals surface area contributed by atoms with Crippen LogP contribution in [0.5, 0.6) is 0 Å². The molecule has 6 nitrogen and oxygen atoms in total. The van der Waals surface area contributed by atoms with Crippen LogP contribution in [-0.4, -0.2) is 42.9 Å². The lowest BCUT2D eigenvalue weighted by atomic mass is 9.93. The molecule has 2 amide bonds. The molecule has 1 heterocycles. The quantitative estimate of drug-likeness (QED) is 0.678. The van der Waals surface area contributed by atoms with Crippen molar-refractivity contribution >= 4 is 12.0 Å². The molecule has 1 fully saturated rings. The van der Waals surface area contributed by atoms with Gasteiger partial charge in [-0.1, -0.05) is 6.92 Å². The van der Waals surface area contributed by atoms with Gasteiger partial charge in [0.2, 0.25) is 0 Å². The maximum Gasteiger partial charge on any atom is 0.315 e. The Hall–Kier alpha value is -1.30. The van der Waals surface area contributed by atoms with Crippen LogP contribution in [0, 0.1) is 11.8 Å². The van der Waals surface area contributed by atoms with Crippen LogP contribution < -0.4 is 10.6 Å². The fraction of sp³-hybridized carbons (Fsp3) is 0.846. The molecule has 1 aliphatic heterocycles. The van der Waals surface area contributed by atoms with Gasteiger partial charge < -0.3 is 20.5 Å². The average Bonchev–Trinajstić information content (AvgIpc) is 2.39. The van der Waals surface area contributed by atoms with Crippen LogP contribution in [0.2, 0.25) is 0 Å². The largest absolute Gasteiger partial charge is 0.481 e. The second-order valence-corrected chi connectivity index (χ2v) is 5.17. The van der Waals surface area contributed by atoms with Crippen LogP contribution in [0.3, 0.4) is 0 Å². The molecule has 3 N–H and O–H groups in total. The summed E-state index contributed by atoms with van der Waals surface area (Å²) >= 11 is 0. The van der Waals surface area contributed by atoms with E-state index in [1.165, 1.54) is 0 Å². The molecule has 110 valence electrons. The number of carboxylic acids is 1. The zero-order chi connectivity index (χ0) is 14.3. The van der Waals surface area contributed by atoms with Gasteiger partial charge in [-0.2, -0.15) is 0 Å². The van der Waals surface area contributed by atoms with Gasteiger partial charge >= 0.3 is 12.0 Å². The highest BCUT2D eigenvalue weighted by atomic mass is 16.5. The predicted octanol–water partition coefficient (Wildman–Crippen LogP) is 1.21. The van der Waals surface area contributed by atoms with Gasteiger partial charge in [-0.05, 0) is 32.1 Å². The maximum absolute atomic E-state index is 11.6. The molecule has 1 saturated heterocycles. The second-order valence-electron chi connectivity index (χ2n) is 5.17. The molecule has 0 saturated carbocycles. The van der Waals surface area contributed by atoms with E-state index in [0.717, 1.165) is 26.1 Å². The molecule has 2 unspecified atom stereocenters. The third-order valence-corrected chi connectivity index (χ3v) is 3.62. The normalized spacial score (nSPS) is 19.5. The Balaban J connectivity index is 2.17. The lowest BCUT2D eigenvalue weighted by Gasteiger charge is -2.28. The Morgan fingerprint density at radius 1 is 1.32 bits per heavy atom. The van der Waals surface area contributed by atoms with Crippen LogP contribution in [0.1, 0.15) is 33.1 Å². The van der Waals surface area contributed by atoms with Crippen LogP contribution >= 0.6 is 0 Å². The van der Waals surface area contributed by atoms with Crippen molar-refractivity contribution in [2.75, 3.05) is 19.8 Å². The minimum absolute atomic E-state index is 0.112. The first-order valence-electron chi connectivity index (χ1n) is 6.85. The smallest absolute Gasteiger partial charge is 0.315 e. The number of rotatable bonds is 6. The van der Waals surface area contributed by atoms with Gasteiger partial charge in [0.05, 0.1) is 5.92 Å². The number of hydrogen-bond acceptors (Lipinski definition) is 3. The van der Waals surface area contributed by atoms with Crippen LogP contribution in [0.15, 0.2) is 0 Å². The highest BCUT2D eigenvalue weighted by Crippen LogP contribution is 2.18. The van der Waals surface area contributed by atoms with Crippen molar-refractivity contribution in [3.8, 4) is 0 Å². The summed E-state index contributed by atoms with van der Waals surface area (Å²) in [6, 6.07) is -0.114. The monoisotopic (exact) mass is 272 g/mol. The van der Waals surface area contributed by atoms with Crippen molar-refractivity contribution in [1.82, 2.24) is 10.6 Å². The standard InChI is InChI=1S/C13H24N2O4/c1-9(12(16)17)3-6-14-13(18)15-10(2)11-4-7-19-8-5-11/h9-11H,3-8H2,1-2H3,(H,16,17)(H2,14,15,18). The number of nitrogens with one attached hydrogen (secondary N) is 2. The summed E-state index contributed by atoms with van der Waals surface area (Å²) in [6.45, 7) is 5.52. The van der Waals surface area contributed by atoms with E-state index in [0.29, 0.717) is 18.9 Å². The van der Waals surface area contributed by atoms with E-state index in [2.05, 4.69) is 10.6 Å². The van der Waals surface area contributed by atoms with Crippen molar-refractivity contribution in [1.29, 1.82) is 0 Å².